The van der Waals surface area contributed by atoms with Crippen molar-refractivity contribution in [2.45, 2.75) is 65.9 Å². The van der Waals surface area contributed by atoms with Crippen LogP contribution in [-0.2, 0) is 20.9 Å². The van der Waals surface area contributed by atoms with E-state index >= 15 is 0 Å². The Labute approximate surface area is 222 Å². The topological polar surface area (TPSA) is 52.6 Å². The first-order valence-electron chi connectivity index (χ1n) is 12.3. The first-order chi connectivity index (χ1) is 16.9. The van der Waals surface area contributed by atoms with E-state index in [4.69, 9.17) is 32.7 Å². The summed E-state index contributed by atoms with van der Waals surface area (Å²) in [4.78, 5) is 26.9. The normalized spacial score (nSPS) is 21.2. The summed E-state index contributed by atoms with van der Waals surface area (Å²) < 4.78 is 12.3. The largest absolute Gasteiger partial charge is 0.486 e. The molecule has 0 N–H and O–H groups in total. The highest BCUT2D eigenvalue weighted by atomic mass is 35.5. The molecule has 0 unspecified atom stereocenters. The minimum atomic E-state index is -0.547. The summed E-state index contributed by atoms with van der Waals surface area (Å²) in [5, 5.41) is 0.688. The molecule has 0 amide bonds. The van der Waals surface area contributed by atoms with Crippen LogP contribution in [0.5, 0.6) is 5.75 Å². The fourth-order valence-corrected chi connectivity index (χ4v) is 6.23. The molecule has 5 rings (SSSR count). The highest BCUT2D eigenvalue weighted by molar-refractivity contribution is 6.37. The van der Waals surface area contributed by atoms with Gasteiger partial charge < -0.3 is 9.47 Å². The third-order valence-electron chi connectivity index (χ3n) is 7.16. The Morgan fingerprint density at radius 2 is 1.33 bits per heavy atom. The Balaban J connectivity index is 1.58. The van der Waals surface area contributed by atoms with Crippen molar-refractivity contribution < 1.29 is 19.1 Å². The second-order valence-corrected chi connectivity index (χ2v) is 12.5. The van der Waals surface area contributed by atoms with Crippen molar-refractivity contribution in [1.82, 2.24) is 0 Å². The van der Waals surface area contributed by atoms with Crippen LogP contribution in [-0.4, -0.2) is 11.6 Å². The van der Waals surface area contributed by atoms with E-state index in [2.05, 4.69) is 27.7 Å². The average Bonchev–Trinajstić information content (AvgIpc) is 2.76. The van der Waals surface area contributed by atoms with Crippen molar-refractivity contribution in [2.75, 3.05) is 0 Å². The second kappa shape index (κ2) is 9.08. The molecule has 2 aromatic carbocycles. The standard InChI is InChI=1S/C30H30Cl2O4/c1-29(2)12-21(33)26-23(14-29)36-24-15-30(3,4)13-22(34)27(24)25(26)18-10-19(31)28(20(32)11-18)35-16-17-8-6-5-7-9-17/h5-11,25H,12-16H2,1-4H3. The van der Waals surface area contributed by atoms with Crippen LogP contribution in [0.1, 0.15) is 70.4 Å². The van der Waals surface area contributed by atoms with Gasteiger partial charge in [0.15, 0.2) is 17.3 Å². The second-order valence-electron chi connectivity index (χ2n) is 11.7. The maximum Gasteiger partial charge on any atom is 0.163 e. The first-order valence-corrected chi connectivity index (χ1v) is 13.1. The van der Waals surface area contributed by atoms with Gasteiger partial charge in [-0.15, -0.1) is 0 Å². The van der Waals surface area contributed by atoms with Crippen molar-refractivity contribution in [3.8, 4) is 5.75 Å². The molecule has 0 saturated carbocycles. The molecule has 2 aromatic rings. The Hall–Kier alpha value is -2.56. The zero-order chi connectivity index (χ0) is 25.8. The molecular formula is C30H30Cl2O4. The van der Waals surface area contributed by atoms with Crippen LogP contribution >= 0.6 is 23.2 Å². The number of halogens is 2. The third kappa shape index (κ3) is 4.73. The molecule has 36 heavy (non-hydrogen) atoms. The monoisotopic (exact) mass is 524 g/mol. The molecule has 0 fully saturated rings. The number of ether oxygens (including phenoxy) is 2. The first kappa shape index (κ1) is 25.1. The smallest absolute Gasteiger partial charge is 0.163 e. The van der Waals surface area contributed by atoms with Gasteiger partial charge in [-0.05, 0) is 34.1 Å². The fourth-order valence-electron chi connectivity index (χ4n) is 5.62. The summed E-state index contributed by atoms with van der Waals surface area (Å²) in [5.74, 6) is 1.19. The van der Waals surface area contributed by atoms with Gasteiger partial charge in [0, 0.05) is 42.7 Å². The number of allylic oxidation sites excluding steroid dienone is 4. The van der Waals surface area contributed by atoms with E-state index in [-0.39, 0.29) is 22.4 Å². The SMILES string of the molecule is CC1(C)CC(=O)C2=C(C1)OC1=C(C(=O)CC(C)(C)C1)C2c1cc(Cl)c(OCc2ccccc2)c(Cl)c1. The van der Waals surface area contributed by atoms with Crippen LogP contribution in [0.2, 0.25) is 10.0 Å². The van der Waals surface area contributed by atoms with E-state index in [0.717, 1.165) is 5.56 Å². The summed E-state index contributed by atoms with van der Waals surface area (Å²) in [6, 6.07) is 13.3. The van der Waals surface area contributed by atoms with Crippen molar-refractivity contribution in [1.29, 1.82) is 0 Å². The molecule has 1 heterocycles. The third-order valence-corrected chi connectivity index (χ3v) is 7.72. The molecule has 1 aliphatic heterocycles. The molecule has 0 bridgehead atoms. The van der Waals surface area contributed by atoms with Gasteiger partial charge in [0.1, 0.15) is 18.1 Å². The van der Waals surface area contributed by atoms with Gasteiger partial charge in [-0.2, -0.15) is 0 Å². The van der Waals surface area contributed by atoms with Gasteiger partial charge >= 0.3 is 0 Å². The number of carbonyl (C=O) groups is 2. The molecule has 188 valence electrons. The highest BCUT2D eigenvalue weighted by Gasteiger charge is 2.48. The zero-order valence-electron chi connectivity index (χ0n) is 21.0. The summed E-state index contributed by atoms with van der Waals surface area (Å²) in [7, 11) is 0. The highest BCUT2D eigenvalue weighted by Crippen LogP contribution is 2.54. The predicted molar refractivity (Wildman–Crippen MR) is 141 cm³/mol. The van der Waals surface area contributed by atoms with Crippen molar-refractivity contribution in [3.05, 3.63) is 86.3 Å². The molecule has 0 radical (unpaired) electrons. The molecular weight excluding hydrogens is 495 g/mol. The lowest BCUT2D eigenvalue weighted by Crippen LogP contribution is -2.37. The number of rotatable bonds is 4. The number of benzene rings is 2. The number of ketones is 2. The zero-order valence-corrected chi connectivity index (χ0v) is 22.6. The predicted octanol–water partition coefficient (Wildman–Crippen LogP) is 7.97. The van der Waals surface area contributed by atoms with Crippen molar-refractivity contribution in [3.63, 3.8) is 0 Å². The van der Waals surface area contributed by atoms with E-state index in [1.165, 1.54) is 0 Å². The number of hydrogen-bond donors (Lipinski definition) is 0. The van der Waals surface area contributed by atoms with Gasteiger partial charge in [0.2, 0.25) is 0 Å². The van der Waals surface area contributed by atoms with Crippen molar-refractivity contribution >= 4 is 34.8 Å². The summed E-state index contributed by atoms with van der Waals surface area (Å²) >= 11 is 13.4. The van der Waals surface area contributed by atoms with Crippen molar-refractivity contribution in [2.24, 2.45) is 10.8 Å². The molecule has 4 nitrogen and oxygen atoms in total. The number of hydrogen-bond acceptors (Lipinski definition) is 4. The molecule has 0 aromatic heterocycles. The quantitative estimate of drug-likeness (QED) is 0.406. The number of carbonyl (C=O) groups excluding carboxylic acids is 2. The van der Waals surface area contributed by atoms with E-state index in [1.807, 2.05) is 30.3 Å². The summed E-state index contributed by atoms with van der Waals surface area (Å²) in [6.45, 7) is 8.60. The molecule has 3 aliphatic rings. The minimum Gasteiger partial charge on any atom is -0.486 e. The number of Topliss-reactive ketones (excluding diaryl/α,β-unsaturated/α-hetero) is 2. The van der Waals surface area contributed by atoms with Crippen LogP contribution < -0.4 is 4.74 Å². The maximum absolute atomic E-state index is 13.5. The van der Waals surface area contributed by atoms with Crippen LogP contribution in [0.4, 0.5) is 0 Å². The Bertz CT molecular complexity index is 1240. The van der Waals surface area contributed by atoms with Crippen LogP contribution in [0.25, 0.3) is 0 Å². The van der Waals surface area contributed by atoms with Gasteiger partial charge in [0.25, 0.3) is 0 Å². The molecule has 2 aliphatic carbocycles. The Morgan fingerprint density at radius 1 is 0.833 bits per heavy atom. The van der Waals surface area contributed by atoms with Gasteiger partial charge in [-0.1, -0.05) is 81.2 Å². The maximum atomic E-state index is 13.5. The average molecular weight is 525 g/mol. The lowest BCUT2D eigenvalue weighted by Gasteiger charge is -2.42. The fraction of sp³-hybridized carbons (Fsp3) is 0.400. The Morgan fingerprint density at radius 3 is 1.83 bits per heavy atom. The lowest BCUT2D eigenvalue weighted by molar-refractivity contribution is -0.120. The van der Waals surface area contributed by atoms with Crippen LogP contribution in [0.3, 0.4) is 0 Å². The van der Waals surface area contributed by atoms with Crippen LogP contribution in [0.15, 0.2) is 65.1 Å². The molecule has 0 saturated heterocycles. The van der Waals surface area contributed by atoms with E-state index in [1.54, 1.807) is 12.1 Å². The van der Waals surface area contributed by atoms with Gasteiger partial charge in [-0.25, -0.2) is 0 Å². The van der Waals surface area contributed by atoms with E-state index in [9.17, 15) is 9.59 Å². The summed E-state index contributed by atoms with van der Waals surface area (Å²) in [5.41, 5.74) is 2.40. The van der Waals surface area contributed by atoms with Gasteiger partial charge in [-0.3, -0.25) is 9.59 Å². The lowest BCUT2D eigenvalue weighted by atomic mass is 9.65. The van der Waals surface area contributed by atoms with E-state index < -0.39 is 5.92 Å². The summed E-state index contributed by atoms with van der Waals surface area (Å²) in [6.07, 6.45) is 2.06. The minimum absolute atomic E-state index is 0.00656. The van der Waals surface area contributed by atoms with Crippen LogP contribution in [0, 0.1) is 10.8 Å². The molecule has 0 atom stereocenters. The Kier molecular flexibility index (Phi) is 6.33. The molecule has 0 spiro atoms. The molecule has 6 heteroatoms. The van der Waals surface area contributed by atoms with Gasteiger partial charge in [0.05, 0.1) is 10.0 Å². The van der Waals surface area contributed by atoms with E-state index in [0.29, 0.717) is 76.3 Å².